The lowest BCUT2D eigenvalue weighted by Gasteiger charge is -2.11. The van der Waals surface area contributed by atoms with E-state index >= 15 is 0 Å². The van der Waals surface area contributed by atoms with Gasteiger partial charge in [0.15, 0.2) is 0 Å². The van der Waals surface area contributed by atoms with Gasteiger partial charge in [0.25, 0.3) is 11.1 Å². The lowest BCUT2D eigenvalue weighted by atomic mass is 10.3. The van der Waals surface area contributed by atoms with Gasteiger partial charge < -0.3 is 4.74 Å². The van der Waals surface area contributed by atoms with Gasteiger partial charge in [0.2, 0.25) is 0 Å². The number of aromatic nitrogens is 1. The second-order valence-electron chi connectivity index (χ2n) is 5.05. The number of nitrogens with zero attached hydrogens (tertiary/aromatic N) is 2. The molecule has 1 aromatic heterocycles. The number of pyridine rings is 1. The first kappa shape index (κ1) is 17.2. The van der Waals surface area contributed by atoms with E-state index in [-0.39, 0.29) is 11.4 Å². The van der Waals surface area contributed by atoms with Gasteiger partial charge >= 0.3 is 5.97 Å². The Kier molecular flexibility index (Phi) is 5.92. The predicted octanol–water partition coefficient (Wildman–Crippen LogP) is 2.77. The third-order valence-corrected chi connectivity index (χ3v) is 4.02. The number of thioether (sulfide) groups is 1. The van der Waals surface area contributed by atoms with Crippen molar-refractivity contribution in [3.63, 3.8) is 0 Å². The normalized spacial score (nSPS) is 16.3. The first-order valence-electron chi connectivity index (χ1n) is 7.36. The Morgan fingerprint density at radius 3 is 2.87 bits per heavy atom. The molecule has 0 saturated carbocycles. The molecule has 2 amide bonds. The van der Waals surface area contributed by atoms with Crippen molar-refractivity contribution < 1.29 is 19.1 Å². The Labute approximate surface area is 138 Å². The molecule has 0 N–H and O–H groups in total. The number of carbonyl (C=O) groups excluding carboxylic acids is 3. The van der Waals surface area contributed by atoms with Crippen molar-refractivity contribution in [2.45, 2.75) is 26.7 Å². The van der Waals surface area contributed by atoms with E-state index in [0.717, 1.165) is 35.2 Å². The van der Waals surface area contributed by atoms with Crippen LogP contribution in [0.2, 0.25) is 0 Å². The van der Waals surface area contributed by atoms with Crippen LogP contribution in [0.1, 0.15) is 31.2 Å². The van der Waals surface area contributed by atoms with Crippen molar-refractivity contribution >= 4 is 35.0 Å². The summed E-state index contributed by atoms with van der Waals surface area (Å²) in [4.78, 5) is 41.3. The van der Waals surface area contributed by atoms with Crippen molar-refractivity contribution in [1.29, 1.82) is 0 Å². The fraction of sp³-hybridized carbons (Fsp3) is 0.375. The number of carbonyl (C=O) groups is 3. The Balaban J connectivity index is 2.03. The molecule has 0 spiro atoms. The van der Waals surface area contributed by atoms with Crippen molar-refractivity contribution in [1.82, 2.24) is 9.88 Å². The molecule has 0 unspecified atom stereocenters. The van der Waals surface area contributed by atoms with Gasteiger partial charge in [-0.3, -0.25) is 24.3 Å². The first-order valence-corrected chi connectivity index (χ1v) is 8.17. The molecule has 1 aliphatic heterocycles. The van der Waals surface area contributed by atoms with Crippen molar-refractivity contribution in [2.75, 3.05) is 13.2 Å². The Morgan fingerprint density at radius 1 is 1.39 bits per heavy atom. The molecular formula is C16H18N2O4S. The average molecular weight is 334 g/mol. The molecule has 6 nitrogen and oxygen atoms in total. The van der Waals surface area contributed by atoms with E-state index in [9.17, 15) is 14.4 Å². The summed E-state index contributed by atoms with van der Waals surface area (Å²) in [6.07, 6.45) is 3.22. The van der Waals surface area contributed by atoms with E-state index in [1.807, 2.05) is 26.0 Å². The number of unbranched alkanes of at least 4 members (excludes halogenated alkanes) is 1. The third-order valence-electron chi connectivity index (χ3n) is 3.11. The molecular weight excluding hydrogens is 316 g/mol. The molecule has 0 aromatic carbocycles. The summed E-state index contributed by atoms with van der Waals surface area (Å²) in [6, 6.07) is 5.42. The summed E-state index contributed by atoms with van der Waals surface area (Å²) >= 11 is 0.804. The number of hydrogen-bond acceptors (Lipinski definition) is 6. The topological polar surface area (TPSA) is 76.6 Å². The maximum atomic E-state index is 12.3. The molecule has 1 fully saturated rings. The van der Waals surface area contributed by atoms with Gasteiger partial charge in [-0.25, -0.2) is 0 Å². The minimum Gasteiger partial charge on any atom is -0.464 e. The van der Waals surface area contributed by atoms with E-state index in [0.29, 0.717) is 12.3 Å². The van der Waals surface area contributed by atoms with Crippen LogP contribution in [0.4, 0.5) is 4.79 Å². The monoisotopic (exact) mass is 334 g/mol. The summed E-state index contributed by atoms with van der Waals surface area (Å²) in [5.41, 5.74) is 1.42. The predicted molar refractivity (Wildman–Crippen MR) is 87.5 cm³/mol. The maximum Gasteiger partial charge on any atom is 0.326 e. The maximum absolute atomic E-state index is 12.3. The average Bonchev–Trinajstić information content (AvgIpc) is 2.75. The van der Waals surface area contributed by atoms with Crippen LogP contribution >= 0.6 is 11.8 Å². The highest BCUT2D eigenvalue weighted by Crippen LogP contribution is 2.31. The number of amides is 2. The van der Waals surface area contributed by atoms with E-state index in [2.05, 4.69) is 4.98 Å². The van der Waals surface area contributed by atoms with E-state index < -0.39 is 17.1 Å². The van der Waals surface area contributed by atoms with Crippen LogP contribution in [-0.2, 0) is 14.3 Å². The van der Waals surface area contributed by atoms with Gasteiger partial charge in [-0.05, 0) is 43.3 Å². The Morgan fingerprint density at radius 2 is 2.17 bits per heavy atom. The molecule has 0 aliphatic carbocycles. The second-order valence-corrected chi connectivity index (χ2v) is 6.04. The van der Waals surface area contributed by atoms with Crippen molar-refractivity contribution in [2.24, 2.45) is 0 Å². The molecule has 1 aromatic rings. The van der Waals surface area contributed by atoms with E-state index in [4.69, 9.17) is 4.74 Å². The zero-order valence-corrected chi connectivity index (χ0v) is 13.9. The van der Waals surface area contributed by atoms with Gasteiger partial charge in [0.1, 0.15) is 6.54 Å². The molecule has 0 bridgehead atoms. The smallest absolute Gasteiger partial charge is 0.326 e. The summed E-state index contributed by atoms with van der Waals surface area (Å²) in [6.45, 7) is 3.77. The highest BCUT2D eigenvalue weighted by molar-refractivity contribution is 8.18. The van der Waals surface area contributed by atoms with Crippen LogP contribution in [0.5, 0.6) is 0 Å². The quantitative estimate of drug-likeness (QED) is 0.452. The highest BCUT2D eigenvalue weighted by Gasteiger charge is 2.36. The summed E-state index contributed by atoms with van der Waals surface area (Å²) < 4.78 is 4.98. The fourth-order valence-electron chi connectivity index (χ4n) is 1.92. The molecule has 122 valence electrons. The number of ether oxygens (including phenoxy) is 1. The summed E-state index contributed by atoms with van der Waals surface area (Å²) in [5, 5.41) is -0.471. The first-order chi connectivity index (χ1) is 11.0. The highest BCUT2D eigenvalue weighted by atomic mass is 32.2. The van der Waals surface area contributed by atoms with Crippen LogP contribution in [0, 0.1) is 6.92 Å². The molecule has 1 saturated heterocycles. The van der Waals surface area contributed by atoms with Gasteiger partial charge in [0, 0.05) is 5.69 Å². The lowest BCUT2D eigenvalue weighted by Crippen LogP contribution is -2.34. The number of esters is 1. The largest absolute Gasteiger partial charge is 0.464 e. The molecule has 7 heteroatoms. The summed E-state index contributed by atoms with van der Waals surface area (Å²) in [7, 11) is 0. The van der Waals surface area contributed by atoms with Crippen LogP contribution in [0.15, 0.2) is 23.1 Å². The number of hydrogen-bond donors (Lipinski definition) is 0. The van der Waals surface area contributed by atoms with E-state index in [1.165, 1.54) is 0 Å². The lowest BCUT2D eigenvalue weighted by molar-refractivity contribution is -0.146. The summed E-state index contributed by atoms with van der Waals surface area (Å²) in [5.74, 6) is -1.06. The number of aryl methyl sites for hydroxylation is 1. The second kappa shape index (κ2) is 7.92. The van der Waals surface area contributed by atoms with Crippen LogP contribution in [0.25, 0.3) is 6.08 Å². The van der Waals surface area contributed by atoms with Crippen molar-refractivity contribution in [3.8, 4) is 0 Å². The molecule has 0 radical (unpaired) electrons. The zero-order chi connectivity index (χ0) is 16.8. The molecule has 2 heterocycles. The van der Waals surface area contributed by atoms with Crippen LogP contribution in [-0.4, -0.2) is 40.2 Å². The van der Waals surface area contributed by atoms with Gasteiger partial charge in [-0.15, -0.1) is 0 Å². The van der Waals surface area contributed by atoms with Crippen LogP contribution < -0.4 is 0 Å². The van der Waals surface area contributed by atoms with Gasteiger partial charge in [-0.2, -0.15) is 0 Å². The van der Waals surface area contributed by atoms with Crippen molar-refractivity contribution in [3.05, 3.63) is 34.5 Å². The Hall–Kier alpha value is -2.15. The zero-order valence-electron chi connectivity index (χ0n) is 13.1. The SMILES string of the molecule is CCCCOC(=O)CN1C(=O)S/C(=C/c2cccc(C)n2)C1=O. The van der Waals surface area contributed by atoms with Crippen LogP contribution in [0.3, 0.4) is 0 Å². The molecule has 0 atom stereocenters. The van der Waals surface area contributed by atoms with E-state index in [1.54, 1.807) is 12.1 Å². The van der Waals surface area contributed by atoms with Gasteiger partial charge in [0.05, 0.1) is 17.2 Å². The fourth-order valence-corrected chi connectivity index (χ4v) is 2.74. The van der Waals surface area contributed by atoms with Gasteiger partial charge in [-0.1, -0.05) is 19.4 Å². The Bertz CT molecular complexity index is 657. The molecule has 2 rings (SSSR count). The molecule has 1 aliphatic rings. The minimum absolute atomic E-state index is 0.259. The minimum atomic E-state index is -0.573. The standard InChI is InChI=1S/C16H18N2O4S/c1-3-4-8-22-14(19)10-18-15(20)13(23-16(18)21)9-12-7-5-6-11(2)17-12/h5-7,9H,3-4,8,10H2,1-2H3/b13-9+. The molecule has 23 heavy (non-hydrogen) atoms. The number of imide groups is 1. The third kappa shape index (κ3) is 4.66. The number of rotatable bonds is 6.